The van der Waals surface area contributed by atoms with Gasteiger partial charge in [0.05, 0.1) is 11.1 Å². The fourth-order valence-electron chi connectivity index (χ4n) is 2.89. The summed E-state index contributed by atoms with van der Waals surface area (Å²) in [4.78, 5) is 14.6. The Kier molecular flexibility index (Phi) is 3.72. The molecule has 0 bridgehead atoms. The molecule has 0 aliphatic carbocycles. The molecule has 1 aromatic carbocycles. The van der Waals surface area contributed by atoms with Crippen molar-refractivity contribution >= 4 is 17.5 Å². The SMILES string of the molecule is Cc1ccc([C@@H]2CCCN2C(=O)c2nn(C)cc2Cl)cc1. The lowest BCUT2D eigenvalue weighted by molar-refractivity contribution is 0.0729. The van der Waals surface area contributed by atoms with Crippen LogP contribution in [0, 0.1) is 6.92 Å². The molecule has 1 amide bonds. The number of likely N-dealkylation sites (tertiary alicyclic amines) is 1. The first kappa shape index (κ1) is 14.1. The van der Waals surface area contributed by atoms with E-state index in [1.165, 1.54) is 11.1 Å². The Bertz CT molecular complexity index is 663. The summed E-state index contributed by atoms with van der Waals surface area (Å²) in [6.07, 6.45) is 3.65. The highest BCUT2D eigenvalue weighted by Gasteiger charge is 2.32. The van der Waals surface area contributed by atoms with E-state index < -0.39 is 0 Å². The van der Waals surface area contributed by atoms with E-state index in [1.54, 1.807) is 17.9 Å². The van der Waals surface area contributed by atoms with E-state index >= 15 is 0 Å². The minimum absolute atomic E-state index is 0.0799. The molecule has 110 valence electrons. The number of nitrogens with zero attached hydrogens (tertiary/aromatic N) is 3. The van der Waals surface area contributed by atoms with E-state index in [0.717, 1.165) is 19.4 Å². The van der Waals surface area contributed by atoms with Crippen LogP contribution in [0.4, 0.5) is 0 Å². The second-order valence-electron chi connectivity index (χ2n) is 5.57. The third-order valence-corrected chi connectivity index (χ3v) is 4.24. The highest BCUT2D eigenvalue weighted by Crippen LogP contribution is 2.33. The van der Waals surface area contributed by atoms with Gasteiger partial charge in [-0.2, -0.15) is 5.10 Å². The second kappa shape index (κ2) is 5.53. The monoisotopic (exact) mass is 303 g/mol. The molecule has 0 N–H and O–H groups in total. The van der Waals surface area contributed by atoms with Crippen molar-refractivity contribution in [2.24, 2.45) is 7.05 Å². The van der Waals surface area contributed by atoms with Crippen LogP contribution < -0.4 is 0 Å². The van der Waals surface area contributed by atoms with Crippen LogP contribution in [-0.2, 0) is 7.05 Å². The summed E-state index contributed by atoms with van der Waals surface area (Å²) in [5.41, 5.74) is 2.75. The van der Waals surface area contributed by atoms with Gasteiger partial charge in [0.2, 0.25) is 0 Å². The number of carbonyl (C=O) groups is 1. The van der Waals surface area contributed by atoms with Crippen LogP contribution in [0.2, 0.25) is 5.02 Å². The van der Waals surface area contributed by atoms with Crippen molar-refractivity contribution in [1.82, 2.24) is 14.7 Å². The standard InChI is InChI=1S/C16H18ClN3O/c1-11-5-7-12(8-6-11)14-4-3-9-20(14)16(21)15-13(17)10-19(2)18-15/h5-8,10,14H,3-4,9H2,1-2H3/t14-/m0/s1. The van der Waals surface area contributed by atoms with Crippen LogP contribution >= 0.6 is 11.6 Å². The third-order valence-electron chi connectivity index (χ3n) is 3.96. The zero-order valence-corrected chi connectivity index (χ0v) is 13.0. The molecule has 1 fully saturated rings. The summed E-state index contributed by atoms with van der Waals surface area (Å²) in [6.45, 7) is 2.82. The lowest BCUT2D eigenvalue weighted by Gasteiger charge is -2.24. The largest absolute Gasteiger partial charge is 0.330 e. The van der Waals surface area contributed by atoms with Crippen LogP contribution in [0.3, 0.4) is 0 Å². The molecule has 5 heteroatoms. The van der Waals surface area contributed by atoms with E-state index in [9.17, 15) is 4.79 Å². The van der Waals surface area contributed by atoms with Gasteiger partial charge >= 0.3 is 0 Å². The molecular weight excluding hydrogens is 286 g/mol. The Morgan fingerprint density at radius 3 is 2.67 bits per heavy atom. The number of hydrogen-bond donors (Lipinski definition) is 0. The van der Waals surface area contributed by atoms with Crippen molar-refractivity contribution in [3.05, 3.63) is 52.3 Å². The van der Waals surface area contributed by atoms with Crippen LogP contribution in [-0.4, -0.2) is 27.1 Å². The predicted molar refractivity (Wildman–Crippen MR) is 82.4 cm³/mol. The minimum atomic E-state index is -0.0799. The molecule has 1 aliphatic heterocycles. The van der Waals surface area contributed by atoms with Gasteiger partial charge in [0.25, 0.3) is 5.91 Å². The first-order valence-corrected chi connectivity index (χ1v) is 7.51. The van der Waals surface area contributed by atoms with Crippen molar-refractivity contribution in [2.75, 3.05) is 6.54 Å². The Balaban J connectivity index is 1.88. The van der Waals surface area contributed by atoms with E-state index in [1.807, 2.05) is 4.90 Å². The first-order valence-electron chi connectivity index (χ1n) is 7.13. The van der Waals surface area contributed by atoms with E-state index in [-0.39, 0.29) is 11.9 Å². The third kappa shape index (κ3) is 2.68. The van der Waals surface area contributed by atoms with Crippen LogP contribution in [0.5, 0.6) is 0 Å². The Labute approximate surface area is 129 Å². The molecule has 2 heterocycles. The van der Waals surface area contributed by atoms with Gasteiger partial charge < -0.3 is 4.90 Å². The van der Waals surface area contributed by atoms with Gasteiger partial charge in [-0.1, -0.05) is 41.4 Å². The molecule has 1 aromatic heterocycles. The molecule has 4 nitrogen and oxygen atoms in total. The summed E-state index contributed by atoms with van der Waals surface area (Å²) in [7, 11) is 1.77. The number of amides is 1. The quantitative estimate of drug-likeness (QED) is 0.853. The number of aromatic nitrogens is 2. The van der Waals surface area contributed by atoms with E-state index in [4.69, 9.17) is 11.6 Å². The molecule has 1 saturated heterocycles. The van der Waals surface area contributed by atoms with Crippen molar-refractivity contribution < 1.29 is 4.79 Å². The Morgan fingerprint density at radius 2 is 2.05 bits per heavy atom. The van der Waals surface area contributed by atoms with Crippen molar-refractivity contribution in [1.29, 1.82) is 0 Å². The highest BCUT2D eigenvalue weighted by atomic mass is 35.5. The lowest BCUT2D eigenvalue weighted by Crippen LogP contribution is -2.31. The topological polar surface area (TPSA) is 38.1 Å². The van der Waals surface area contributed by atoms with Crippen LogP contribution in [0.25, 0.3) is 0 Å². The summed E-state index contributed by atoms with van der Waals surface area (Å²) in [5, 5.41) is 4.60. The predicted octanol–water partition coefficient (Wildman–Crippen LogP) is 3.36. The number of aryl methyl sites for hydroxylation is 2. The number of rotatable bonds is 2. The van der Waals surface area contributed by atoms with Crippen LogP contribution in [0.15, 0.2) is 30.5 Å². The van der Waals surface area contributed by atoms with Gasteiger partial charge in [-0.05, 0) is 25.3 Å². The Morgan fingerprint density at radius 1 is 1.33 bits per heavy atom. The summed E-state index contributed by atoms with van der Waals surface area (Å²) in [6, 6.07) is 8.50. The van der Waals surface area contributed by atoms with E-state index in [0.29, 0.717) is 10.7 Å². The zero-order chi connectivity index (χ0) is 15.0. The second-order valence-corrected chi connectivity index (χ2v) is 5.97. The van der Waals surface area contributed by atoms with Crippen molar-refractivity contribution in [3.8, 4) is 0 Å². The van der Waals surface area contributed by atoms with Gasteiger partial charge in [0.15, 0.2) is 5.69 Å². The zero-order valence-electron chi connectivity index (χ0n) is 12.2. The molecular formula is C16H18ClN3O. The summed E-state index contributed by atoms with van der Waals surface area (Å²) < 4.78 is 1.58. The van der Waals surface area contributed by atoms with Gasteiger partial charge in [-0.15, -0.1) is 0 Å². The fourth-order valence-corrected chi connectivity index (χ4v) is 3.15. The molecule has 2 aromatic rings. The molecule has 0 saturated carbocycles. The molecule has 0 spiro atoms. The normalized spacial score (nSPS) is 18.2. The number of benzene rings is 1. The number of hydrogen-bond acceptors (Lipinski definition) is 2. The summed E-state index contributed by atoms with van der Waals surface area (Å²) in [5.74, 6) is -0.0799. The number of halogens is 1. The molecule has 1 aliphatic rings. The molecule has 0 radical (unpaired) electrons. The highest BCUT2D eigenvalue weighted by molar-refractivity contribution is 6.33. The van der Waals surface area contributed by atoms with Gasteiger partial charge in [0, 0.05) is 19.8 Å². The minimum Gasteiger partial charge on any atom is -0.330 e. The maximum absolute atomic E-state index is 12.7. The van der Waals surface area contributed by atoms with Crippen LogP contribution in [0.1, 0.15) is 40.5 Å². The maximum atomic E-state index is 12.7. The van der Waals surface area contributed by atoms with Gasteiger partial charge in [-0.3, -0.25) is 9.48 Å². The van der Waals surface area contributed by atoms with Crippen molar-refractivity contribution in [2.45, 2.75) is 25.8 Å². The molecule has 0 unspecified atom stereocenters. The molecule has 1 atom stereocenters. The molecule has 21 heavy (non-hydrogen) atoms. The number of carbonyl (C=O) groups excluding carboxylic acids is 1. The fraction of sp³-hybridized carbons (Fsp3) is 0.375. The Hall–Kier alpha value is -1.81. The molecule has 3 rings (SSSR count). The maximum Gasteiger partial charge on any atom is 0.276 e. The van der Waals surface area contributed by atoms with Gasteiger partial charge in [0.1, 0.15) is 0 Å². The average Bonchev–Trinajstić information content (AvgIpc) is 3.05. The lowest BCUT2D eigenvalue weighted by atomic mass is 10.0. The van der Waals surface area contributed by atoms with E-state index in [2.05, 4.69) is 36.3 Å². The average molecular weight is 304 g/mol. The smallest absolute Gasteiger partial charge is 0.276 e. The van der Waals surface area contributed by atoms with Gasteiger partial charge in [-0.25, -0.2) is 0 Å². The van der Waals surface area contributed by atoms with Crippen molar-refractivity contribution in [3.63, 3.8) is 0 Å². The summed E-state index contributed by atoms with van der Waals surface area (Å²) >= 11 is 6.10. The first-order chi connectivity index (χ1) is 10.1.